The minimum atomic E-state index is -3.34. The summed E-state index contributed by atoms with van der Waals surface area (Å²) in [5, 5.41) is 9.91. The molecule has 220 valence electrons. The van der Waals surface area contributed by atoms with Gasteiger partial charge in [-0.3, -0.25) is 13.8 Å². The summed E-state index contributed by atoms with van der Waals surface area (Å²) in [6, 6.07) is 15.6. The van der Waals surface area contributed by atoms with E-state index in [0.29, 0.717) is 71.2 Å². The van der Waals surface area contributed by atoms with Crippen LogP contribution in [0.3, 0.4) is 0 Å². The quantitative estimate of drug-likeness (QED) is 0.194. The molecule has 0 spiro atoms. The number of halogens is 1. The van der Waals surface area contributed by atoms with Crippen LogP contribution in [0.2, 0.25) is 5.02 Å². The van der Waals surface area contributed by atoms with Crippen molar-refractivity contribution in [2.45, 2.75) is 35.4 Å². The van der Waals surface area contributed by atoms with Gasteiger partial charge in [0.2, 0.25) is 0 Å². The number of aryl methyl sites for hydroxylation is 1. The number of carbonyl (C=O) groups is 1. The number of hydrogen-bond acceptors (Lipinski definition) is 8. The van der Waals surface area contributed by atoms with Crippen LogP contribution in [0.4, 0.5) is 22.0 Å². The summed E-state index contributed by atoms with van der Waals surface area (Å²) in [7, 11) is -1.57. The van der Waals surface area contributed by atoms with Crippen molar-refractivity contribution < 1.29 is 18.6 Å². The monoisotopic (exact) mass is 609 g/mol. The highest BCUT2D eigenvalue weighted by Crippen LogP contribution is 2.75. The molecular formula is C29H32ClN7O4S. The minimum Gasteiger partial charge on any atom is -0.377 e. The number of hydrogen-bond donors (Lipinski definition) is 4. The number of carbonyl (C=O) groups excluding carboxylic acids is 1. The number of aromatic nitrogens is 4. The number of ether oxygens (including phenoxy) is 1. The van der Waals surface area contributed by atoms with Crippen LogP contribution < -0.4 is 15.5 Å². The van der Waals surface area contributed by atoms with Gasteiger partial charge in [0.1, 0.15) is 10.6 Å². The Kier molecular flexibility index (Phi) is 7.58. The molecule has 2 aromatic carbocycles. The van der Waals surface area contributed by atoms with E-state index in [1.54, 1.807) is 60.5 Å². The van der Waals surface area contributed by atoms with E-state index in [1.807, 2.05) is 18.2 Å². The average Bonchev–Trinajstić information content (AvgIpc) is 3.71. The SMILES string of the molecule is C[C@H]1COCCN1c1cc(C2(S(O)(O)c3ccccc3Cl)CC2)nc(-c2ccc(NC(=O)Nc3cnn(C)c3)cc2)n1. The molecule has 42 heavy (non-hydrogen) atoms. The van der Waals surface area contributed by atoms with Crippen LogP contribution in [0, 0.1) is 0 Å². The number of rotatable bonds is 7. The maximum Gasteiger partial charge on any atom is 0.323 e. The Bertz CT molecular complexity index is 1610. The van der Waals surface area contributed by atoms with Crippen molar-refractivity contribution in [1.29, 1.82) is 0 Å². The number of morpholine rings is 1. The van der Waals surface area contributed by atoms with Crippen LogP contribution >= 0.6 is 22.2 Å². The van der Waals surface area contributed by atoms with E-state index in [9.17, 15) is 13.9 Å². The topological polar surface area (TPSA) is 138 Å². The lowest BCUT2D eigenvalue weighted by atomic mass is 10.1. The first kappa shape index (κ1) is 28.4. The Hall–Kier alpha value is -3.68. The molecule has 1 atom stereocenters. The maximum absolute atomic E-state index is 12.4. The molecule has 1 saturated heterocycles. The van der Waals surface area contributed by atoms with Gasteiger partial charge in [-0.25, -0.2) is 14.8 Å². The fraction of sp³-hybridized carbons (Fsp3) is 0.310. The van der Waals surface area contributed by atoms with Crippen LogP contribution in [-0.4, -0.2) is 60.7 Å². The first-order chi connectivity index (χ1) is 20.2. The molecule has 4 N–H and O–H groups in total. The summed E-state index contributed by atoms with van der Waals surface area (Å²) in [5.41, 5.74) is 2.46. The summed E-state index contributed by atoms with van der Waals surface area (Å²) in [5.74, 6) is 1.15. The lowest BCUT2D eigenvalue weighted by Gasteiger charge is -2.41. The second kappa shape index (κ2) is 11.2. The Morgan fingerprint density at radius 3 is 2.50 bits per heavy atom. The van der Waals surface area contributed by atoms with Gasteiger partial charge in [0.25, 0.3) is 0 Å². The Morgan fingerprint density at radius 2 is 1.83 bits per heavy atom. The van der Waals surface area contributed by atoms with Crippen molar-refractivity contribution in [3.8, 4) is 11.4 Å². The van der Waals surface area contributed by atoms with Gasteiger partial charge in [-0.05, 0) is 56.2 Å². The van der Waals surface area contributed by atoms with E-state index in [-0.39, 0.29) is 6.04 Å². The molecule has 2 aromatic heterocycles. The lowest BCUT2D eigenvalue weighted by Crippen LogP contribution is -2.44. The highest BCUT2D eigenvalue weighted by molar-refractivity contribution is 8.25. The average molecular weight is 610 g/mol. The van der Waals surface area contributed by atoms with Crippen molar-refractivity contribution in [3.63, 3.8) is 0 Å². The molecule has 6 rings (SSSR count). The lowest BCUT2D eigenvalue weighted by molar-refractivity contribution is 0.0985. The zero-order valence-electron chi connectivity index (χ0n) is 23.2. The molecule has 3 heterocycles. The zero-order chi connectivity index (χ0) is 29.5. The van der Waals surface area contributed by atoms with Crippen LogP contribution in [0.25, 0.3) is 11.4 Å². The van der Waals surface area contributed by atoms with Gasteiger partial charge in [-0.1, -0.05) is 23.7 Å². The zero-order valence-corrected chi connectivity index (χ0v) is 24.8. The summed E-state index contributed by atoms with van der Waals surface area (Å²) in [6.07, 6.45) is 4.38. The molecule has 2 fully saturated rings. The van der Waals surface area contributed by atoms with Crippen LogP contribution in [0.5, 0.6) is 0 Å². The van der Waals surface area contributed by atoms with Gasteiger partial charge < -0.3 is 20.3 Å². The molecule has 0 radical (unpaired) electrons. The third-order valence-corrected chi connectivity index (χ3v) is 10.7. The van der Waals surface area contributed by atoms with Crippen molar-refractivity contribution >= 4 is 45.4 Å². The summed E-state index contributed by atoms with van der Waals surface area (Å²) < 4.78 is 29.6. The molecular weight excluding hydrogens is 578 g/mol. The Labute approximate surface area is 250 Å². The predicted molar refractivity (Wildman–Crippen MR) is 164 cm³/mol. The third-order valence-electron chi connectivity index (χ3n) is 7.60. The van der Waals surface area contributed by atoms with Gasteiger partial charge in [0.05, 0.1) is 46.8 Å². The highest BCUT2D eigenvalue weighted by Gasteiger charge is 2.58. The van der Waals surface area contributed by atoms with Crippen molar-refractivity contribution in [3.05, 3.63) is 77.7 Å². The van der Waals surface area contributed by atoms with Crippen molar-refractivity contribution in [1.82, 2.24) is 19.7 Å². The molecule has 13 heteroatoms. The van der Waals surface area contributed by atoms with E-state index in [4.69, 9.17) is 26.3 Å². The molecule has 1 aliphatic carbocycles. The molecule has 2 aliphatic rings. The number of nitrogens with one attached hydrogen (secondary N) is 2. The summed E-state index contributed by atoms with van der Waals surface area (Å²) in [4.78, 5) is 24.7. The summed E-state index contributed by atoms with van der Waals surface area (Å²) in [6.45, 7) is 3.86. The Morgan fingerprint density at radius 1 is 1.10 bits per heavy atom. The van der Waals surface area contributed by atoms with E-state index in [0.717, 1.165) is 5.56 Å². The number of nitrogens with zero attached hydrogens (tertiary/aromatic N) is 5. The highest BCUT2D eigenvalue weighted by atomic mass is 35.5. The molecule has 0 bridgehead atoms. The van der Waals surface area contributed by atoms with Gasteiger partial charge in [0.15, 0.2) is 5.82 Å². The fourth-order valence-corrected chi connectivity index (χ4v) is 7.73. The van der Waals surface area contributed by atoms with Gasteiger partial charge >= 0.3 is 6.03 Å². The first-order valence-electron chi connectivity index (χ1n) is 13.6. The molecule has 2 amide bonds. The second-order valence-electron chi connectivity index (χ2n) is 10.6. The predicted octanol–water partition coefficient (Wildman–Crippen LogP) is 6.20. The summed E-state index contributed by atoms with van der Waals surface area (Å²) >= 11 is 6.43. The number of amides is 2. The third kappa shape index (κ3) is 5.43. The first-order valence-corrected chi connectivity index (χ1v) is 15.5. The van der Waals surface area contributed by atoms with Gasteiger partial charge in [-0.15, -0.1) is 0 Å². The van der Waals surface area contributed by atoms with Crippen LogP contribution in [-0.2, 0) is 16.5 Å². The normalized spacial score (nSPS) is 18.4. The van der Waals surface area contributed by atoms with Crippen LogP contribution in [0.15, 0.2) is 71.9 Å². The number of anilines is 3. The fourth-order valence-electron chi connectivity index (χ4n) is 5.18. The van der Waals surface area contributed by atoms with Crippen molar-refractivity contribution in [2.75, 3.05) is 35.3 Å². The standard InChI is InChI=1S/C29H32ClN7O4S/c1-19-18-41-14-13-37(19)26-15-25(29(11-12-29)42(39,40)24-6-4-3-5-23(24)30)34-27(35-26)20-7-9-21(10-8-20)32-28(38)33-22-16-31-36(2)17-22/h3-10,15-17,19,39-40H,11-14,18H2,1-2H3,(H2,32,33,38)/t19-/m0/s1. The molecule has 11 nitrogen and oxygen atoms in total. The maximum atomic E-state index is 12.4. The largest absolute Gasteiger partial charge is 0.377 e. The molecule has 1 aliphatic heterocycles. The van der Waals surface area contributed by atoms with Gasteiger partial charge in [-0.2, -0.15) is 15.7 Å². The smallest absolute Gasteiger partial charge is 0.323 e. The molecule has 0 unspecified atom stereocenters. The Balaban J connectivity index is 1.33. The van der Waals surface area contributed by atoms with Gasteiger partial charge in [0, 0.05) is 37.1 Å². The minimum absolute atomic E-state index is 0.0818. The molecule has 4 aromatic rings. The number of benzene rings is 2. The van der Waals surface area contributed by atoms with E-state index in [2.05, 4.69) is 27.6 Å². The van der Waals surface area contributed by atoms with E-state index in [1.165, 1.54) is 0 Å². The van der Waals surface area contributed by atoms with Crippen LogP contribution in [0.1, 0.15) is 25.5 Å². The molecule has 1 saturated carbocycles. The van der Waals surface area contributed by atoms with Crippen molar-refractivity contribution in [2.24, 2.45) is 7.05 Å². The van der Waals surface area contributed by atoms with E-state index >= 15 is 0 Å². The van der Waals surface area contributed by atoms with E-state index < -0.39 is 21.4 Å². The number of urea groups is 1. The second-order valence-corrected chi connectivity index (χ2v) is 13.3.